The van der Waals surface area contributed by atoms with Crippen LogP contribution >= 0.6 is 0 Å². The summed E-state index contributed by atoms with van der Waals surface area (Å²) in [7, 11) is 0. The van der Waals surface area contributed by atoms with Crippen LogP contribution in [0.3, 0.4) is 0 Å². The molecule has 8 heavy (non-hydrogen) atoms. The Balaban J connectivity index is 2.61. The standard InChI is InChI=1S/C6H9NO/c1-2-4-3-5(7)6(4)8/h2,5H,3,7H2,1H3. The average Bonchev–Trinajstić information content (AvgIpc) is 1.81. The van der Waals surface area contributed by atoms with Gasteiger partial charge in [-0.05, 0) is 18.9 Å². The van der Waals surface area contributed by atoms with Crippen LogP contribution in [0.5, 0.6) is 0 Å². The molecule has 1 fully saturated rings. The number of ketones is 1. The summed E-state index contributed by atoms with van der Waals surface area (Å²) in [6.45, 7) is 1.86. The second-order valence-electron chi connectivity index (χ2n) is 1.99. The molecule has 2 nitrogen and oxygen atoms in total. The summed E-state index contributed by atoms with van der Waals surface area (Å²) in [5.74, 6) is 0.118. The first-order valence-corrected chi connectivity index (χ1v) is 2.70. The summed E-state index contributed by atoms with van der Waals surface area (Å²) in [6.07, 6.45) is 2.60. The van der Waals surface area contributed by atoms with Gasteiger partial charge >= 0.3 is 0 Å². The van der Waals surface area contributed by atoms with Crippen molar-refractivity contribution in [2.24, 2.45) is 5.73 Å². The zero-order valence-electron chi connectivity index (χ0n) is 4.85. The van der Waals surface area contributed by atoms with E-state index < -0.39 is 0 Å². The van der Waals surface area contributed by atoms with Gasteiger partial charge in [-0.3, -0.25) is 4.79 Å². The minimum atomic E-state index is -0.193. The van der Waals surface area contributed by atoms with E-state index in [1.807, 2.05) is 13.0 Å². The molecule has 0 amide bonds. The third-order valence-corrected chi connectivity index (χ3v) is 1.44. The second-order valence-corrected chi connectivity index (χ2v) is 1.99. The number of carbonyl (C=O) groups excluding carboxylic acids is 1. The van der Waals surface area contributed by atoms with Crippen molar-refractivity contribution in [1.29, 1.82) is 0 Å². The van der Waals surface area contributed by atoms with Gasteiger partial charge in [0, 0.05) is 0 Å². The Bertz CT molecular complexity index is 149. The summed E-state index contributed by atoms with van der Waals surface area (Å²) >= 11 is 0. The van der Waals surface area contributed by atoms with E-state index >= 15 is 0 Å². The monoisotopic (exact) mass is 111 g/mol. The van der Waals surface area contributed by atoms with Crippen molar-refractivity contribution in [2.75, 3.05) is 0 Å². The molecule has 0 spiro atoms. The number of allylic oxidation sites excluding steroid dienone is 1. The predicted molar refractivity (Wildman–Crippen MR) is 31.4 cm³/mol. The fraction of sp³-hybridized carbons (Fsp3) is 0.500. The third-order valence-electron chi connectivity index (χ3n) is 1.44. The molecule has 0 aromatic carbocycles. The molecule has 0 bridgehead atoms. The highest BCUT2D eigenvalue weighted by Crippen LogP contribution is 2.19. The molecule has 1 atom stereocenters. The highest BCUT2D eigenvalue weighted by molar-refractivity contribution is 6.06. The van der Waals surface area contributed by atoms with Gasteiger partial charge < -0.3 is 5.73 Å². The van der Waals surface area contributed by atoms with Crippen LogP contribution in [0.4, 0.5) is 0 Å². The van der Waals surface area contributed by atoms with Crippen molar-refractivity contribution in [3.63, 3.8) is 0 Å². The second kappa shape index (κ2) is 1.71. The van der Waals surface area contributed by atoms with Crippen LogP contribution < -0.4 is 5.73 Å². The Labute approximate surface area is 48.4 Å². The fourth-order valence-electron chi connectivity index (χ4n) is 0.797. The molecule has 2 heteroatoms. The van der Waals surface area contributed by atoms with Gasteiger partial charge in [0.1, 0.15) is 0 Å². The first-order chi connectivity index (χ1) is 3.75. The van der Waals surface area contributed by atoms with Crippen LogP contribution in [-0.4, -0.2) is 11.8 Å². The van der Waals surface area contributed by atoms with Crippen LogP contribution in [0, 0.1) is 0 Å². The zero-order valence-corrected chi connectivity index (χ0v) is 4.85. The lowest BCUT2D eigenvalue weighted by atomic mass is 9.85. The molecule has 1 unspecified atom stereocenters. The van der Waals surface area contributed by atoms with Crippen molar-refractivity contribution in [2.45, 2.75) is 19.4 Å². The number of Topliss-reactive ketones (excluding diaryl/α,β-unsaturated/α-hetero) is 1. The van der Waals surface area contributed by atoms with Gasteiger partial charge in [0.25, 0.3) is 0 Å². The van der Waals surface area contributed by atoms with E-state index in [1.165, 1.54) is 0 Å². The van der Waals surface area contributed by atoms with E-state index in [1.54, 1.807) is 0 Å². The van der Waals surface area contributed by atoms with E-state index in [9.17, 15) is 4.79 Å². The molecule has 1 aliphatic carbocycles. The number of hydrogen-bond acceptors (Lipinski definition) is 2. The predicted octanol–water partition coefficient (Wildman–Crippen LogP) is 0.233. The maximum absolute atomic E-state index is 10.6. The molecule has 0 heterocycles. The summed E-state index contributed by atoms with van der Waals surface area (Å²) in [5, 5.41) is 0. The maximum Gasteiger partial charge on any atom is 0.175 e. The molecule has 0 radical (unpaired) electrons. The van der Waals surface area contributed by atoms with Gasteiger partial charge in [-0.25, -0.2) is 0 Å². The Morgan fingerprint density at radius 1 is 1.88 bits per heavy atom. The maximum atomic E-state index is 10.6. The highest BCUT2D eigenvalue weighted by Gasteiger charge is 2.28. The minimum absolute atomic E-state index is 0.118. The van der Waals surface area contributed by atoms with E-state index in [0.717, 1.165) is 12.0 Å². The molecular formula is C6H9NO. The largest absolute Gasteiger partial charge is 0.321 e. The Morgan fingerprint density at radius 2 is 2.50 bits per heavy atom. The van der Waals surface area contributed by atoms with Crippen molar-refractivity contribution < 1.29 is 4.79 Å². The van der Waals surface area contributed by atoms with E-state index in [4.69, 9.17) is 5.73 Å². The molecule has 1 aliphatic rings. The van der Waals surface area contributed by atoms with Crippen LogP contribution in [0.1, 0.15) is 13.3 Å². The van der Waals surface area contributed by atoms with Gasteiger partial charge in [-0.2, -0.15) is 0 Å². The molecule has 0 saturated heterocycles. The molecule has 1 rings (SSSR count). The van der Waals surface area contributed by atoms with Gasteiger partial charge in [-0.15, -0.1) is 0 Å². The number of nitrogens with two attached hydrogens (primary N) is 1. The lowest BCUT2D eigenvalue weighted by molar-refractivity contribution is -0.120. The molecule has 44 valence electrons. The highest BCUT2D eigenvalue weighted by atomic mass is 16.1. The van der Waals surface area contributed by atoms with Crippen molar-refractivity contribution in [3.8, 4) is 0 Å². The molecule has 0 aromatic heterocycles. The van der Waals surface area contributed by atoms with Crippen LogP contribution in [0.15, 0.2) is 11.6 Å². The van der Waals surface area contributed by atoms with E-state index in [0.29, 0.717) is 0 Å². The molecule has 1 saturated carbocycles. The lowest BCUT2D eigenvalue weighted by Gasteiger charge is -2.22. The topological polar surface area (TPSA) is 43.1 Å². The number of hydrogen-bond donors (Lipinski definition) is 1. The number of rotatable bonds is 0. The van der Waals surface area contributed by atoms with Gasteiger partial charge in [-0.1, -0.05) is 6.08 Å². The van der Waals surface area contributed by atoms with Crippen LogP contribution in [-0.2, 0) is 4.79 Å². The Kier molecular flexibility index (Phi) is 1.18. The summed E-state index contributed by atoms with van der Waals surface area (Å²) in [5.41, 5.74) is 6.18. The van der Waals surface area contributed by atoms with E-state index in [2.05, 4.69) is 0 Å². The Hall–Kier alpha value is -0.630. The summed E-state index contributed by atoms with van der Waals surface area (Å²) < 4.78 is 0. The zero-order chi connectivity index (χ0) is 6.15. The first kappa shape index (κ1) is 5.51. The summed E-state index contributed by atoms with van der Waals surface area (Å²) in [6, 6.07) is -0.193. The van der Waals surface area contributed by atoms with Crippen molar-refractivity contribution in [3.05, 3.63) is 11.6 Å². The summed E-state index contributed by atoms with van der Waals surface area (Å²) in [4.78, 5) is 10.6. The van der Waals surface area contributed by atoms with Gasteiger partial charge in [0.2, 0.25) is 0 Å². The quantitative estimate of drug-likeness (QED) is 0.455. The molecule has 2 N–H and O–H groups in total. The SMILES string of the molecule is CC=C1CC(N)C1=O. The lowest BCUT2D eigenvalue weighted by Crippen LogP contribution is -2.41. The number of carbonyl (C=O) groups is 1. The third kappa shape index (κ3) is 0.574. The van der Waals surface area contributed by atoms with Crippen LogP contribution in [0.25, 0.3) is 0 Å². The van der Waals surface area contributed by atoms with Crippen molar-refractivity contribution in [1.82, 2.24) is 0 Å². The minimum Gasteiger partial charge on any atom is -0.321 e. The van der Waals surface area contributed by atoms with Gasteiger partial charge in [0.15, 0.2) is 5.78 Å². The fourth-order valence-corrected chi connectivity index (χ4v) is 0.797. The van der Waals surface area contributed by atoms with E-state index in [-0.39, 0.29) is 11.8 Å². The normalized spacial score (nSPS) is 33.0. The van der Waals surface area contributed by atoms with Crippen LogP contribution in [0.2, 0.25) is 0 Å². The molecule has 0 aromatic rings. The Morgan fingerprint density at radius 3 is 2.62 bits per heavy atom. The van der Waals surface area contributed by atoms with Crippen molar-refractivity contribution >= 4 is 5.78 Å². The smallest absolute Gasteiger partial charge is 0.175 e. The molecular weight excluding hydrogens is 102 g/mol. The van der Waals surface area contributed by atoms with Gasteiger partial charge in [0.05, 0.1) is 6.04 Å². The first-order valence-electron chi connectivity index (χ1n) is 2.70. The molecule has 0 aliphatic heterocycles. The average molecular weight is 111 g/mol.